The molecule has 0 spiro atoms. The van der Waals surface area contributed by atoms with Gasteiger partial charge in [0.05, 0.1) is 20.6 Å². The normalized spacial score (nSPS) is 12.4. The van der Waals surface area contributed by atoms with Gasteiger partial charge in [0.15, 0.2) is 6.10 Å². The highest BCUT2D eigenvalue weighted by atomic mass is 16.5. The predicted molar refractivity (Wildman–Crippen MR) is 209 cm³/mol. The molecule has 0 fully saturated rings. The van der Waals surface area contributed by atoms with Crippen LogP contribution in [0.4, 0.5) is 0 Å². The Hall–Kier alpha value is -6.53. The van der Waals surface area contributed by atoms with E-state index >= 15 is 0 Å². The molecule has 5 aromatic carbocycles. The molecule has 0 bridgehead atoms. The summed E-state index contributed by atoms with van der Waals surface area (Å²) in [6, 6.07) is 33.6. The van der Waals surface area contributed by atoms with Crippen molar-refractivity contribution in [2.45, 2.75) is 57.0 Å². The lowest BCUT2D eigenvalue weighted by Gasteiger charge is -2.24. The molecule has 1 unspecified atom stereocenters. The van der Waals surface area contributed by atoms with E-state index in [0.29, 0.717) is 11.3 Å². The molecule has 12 nitrogen and oxygen atoms in total. The summed E-state index contributed by atoms with van der Waals surface area (Å²) in [7, 11) is 2.73. The molecule has 0 radical (unpaired) electrons. The molecule has 5 rings (SSSR count). The van der Waals surface area contributed by atoms with Crippen LogP contribution in [-0.4, -0.2) is 61.1 Å². The summed E-state index contributed by atoms with van der Waals surface area (Å²) in [4.78, 5) is 66.1. The van der Waals surface area contributed by atoms with Crippen LogP contribution in [0.25, 0.3) is 10.8 Å². The number of aliphatic hydroxyl groups excluding tert-OH is 1. The molecule has 12 heteroatoms. The second kappa shape index (κ2) is 20.2. The lowest BCUT2D eigenvalue weighted by Crippen LogP contribution is -2.54. The lowest BCUT2D eigenvalue weighted by molar-refractivity contribution is -0.150. The van der Waals surface area contributed by atoms with Crippen molar-refractivity contribution in [2.24, 2.45) is 0 Å². The monoisotopic (exact) mass is 759 g/mol. The highest BCUT2D eigenvalue weighted by molar-refractivity contribution is 5.94. The fraction of sp³-hybridized carbons (Fsp3) is 0.250. The Morgan fingerprint density at radius 3 is 2.07 bits per heavy atom. The van der Waals surface area contributed by atoms with E-state index in [4.69, 9.17) is 9.47 Å². The molecule has 4 N–H and O–H groups in total. The maximum atomic E-state index is 14.1. The zero-order valence-electron chi connectivity index (χ0n) is 31.2. The summed E-state index contributed by atoms with van der Waals surface area (Å²) in [6.45, 7) is 0.198. The third-order valence-electron chi connectivity index (χ3n) is 9.18. The largest absolute Gasteiger partial charge is 0.497 e. The van der Waals surface area contributed by atoms with Gasteiger partial charge in [0.2, 0.25) is 17.7 Å². The van der Waals surface area contributed by atoms with Crippen molar-refractivity contribution in [2.75, 3.05) is 14.2 Å². The Kier molecular flexibility index (Phi) is 14.7. The molecule has 0 saturated carbocycles. The van der Waals surface area contributed by atoms with Gasteiger partial charge in [-0.05, 0) is 57.1 Å². The summed E-state index contributed by atoms with van der Waals surface area (Å²) in [5.74, 6) is -2.34. The van der Waals surface area contributed by atoms with Gasteiger partial charge in [0.25, 0.3) is 0 Å². The number of benzene rings is 5. The Morgan fingerprint density at radius 1 is 0.679 bits per heavy atom. The van der Waals surface area contributed by atoms with Crippen LogP contribution in [0.5, 0.6) is 5.75 Å². The number of nitrogens with one attached hydrogen (secondary N) is 3. The van der Waals surface area contributed by atoms with Gasteiger partial charge in [-0.1, -0.05) is 109 Å². The zero-order chi connectivity index (χ0) is 39.9. The number of carbonyl (C=O) groups excluding carboxylic acids is 5. The minimum absolute atomic E-state index is 0.00101. The van der Waals surface area contributed by atoms with Crippen LogP contribution in [0.2, 0.25) is 0 Å². The highest BCUT2D eigenvalue weighted by Crippen LogP contribution is 2.20. The highest BCUT2D eigenvalue weighted by Gasteiger charge is 2.28. The maximum absolute atomic E-state index is 14.1. The standard InChI is InChI=1S/C44H45N3O9/c1-54-35-21-17-30(18-22-35)27-45-42(51)37(23-24-40(49)56-28-31-9-4-3-5-10-31)47-43(52)38(25-29-15-19-33(20-16-29)41(50)44(53)55-2)46-39(48)26-34-13-8-12-32-11-6-7-14-36(32)34/h3-22,37-38,41,50H,23-28H2,1-2H3,(H,45,51)(H,46,48)(H,47,52)/t37-,38-,41?/m0/s1. The van der Waals surface area contributed by atoms with Crippen molar-refractivity contribution in [1.29, 1.82) is 0 Å². The summed E-state index contributed by atoms with van der Waals surface area (Å²) in [6.07, 6.45) is -1.76. The van der Waals surface area contributed by atoms with Crippen molar-refractivity contribution >= 4 is 40.4 Å². The van der Waals surface area contributed by atoms with E-state index < -0.39 is 47.8 Å². The second-order valence-electron chi connectivity index (χ2n) is 13.1. The second-order valence-corrected chi connectivity index (χ2v) is 13.1. The fourth-order valence-corrected chi connectivity index (χ4v) is 6.06. The number of hydrogen-bond acceptors (Lipinski definition) is 9. The molecule has 0 aliphatic carbocycles. The molecule has 0 aromatic heterocycles. The number of methoxy groups -OCH3 is 2. The smallest absolute Gasteiger partial charge is 0.339 e. The maximum Gasteiger partial charge on any atom is 0.339 e. The number of fused-ring (bicyclic) bond motifs is 1. The van der Waals surface area contributed by atoms with Crippen LogP contribution >= 0.6 is 0 Å². The van der Waals surface area contributed by atoms with E-state index in [1.807, 2.05) is 72.8 Å². The number of esters is 2. The van der Waals surface area contributed by atoms with E-state index in [1.54, 1.807) is 43.5 Å². The number of rotatable bonds is 18. The van der Waals surface area contributed by atoms with E-state index in [1.165, 1.54) is 19.2 Å². The van der Waals surface area contributed by atoms with E-state index in [0.717, 1.165) is 27.5 Å². The minimum Gasteiger partial charge on any atom is -0.497 e. The van der Waals surface area contributed by atoms with E-state index in [9.17, 15) is 29.1 Å². The quantitative estimate of drug-likeness (QED) is 0.0930. The van der Waals surface area contributed by atoms with Gasteiger partial charge in [0, 0.05) is 19.4 Å². The average Bonchev–Trinajstić information content (AvgIpc) is 3.23. The first kappa shape index (κ1) is 40.7. The number of hydrogen-bond donors (Lipinski definition) is 4. The molecule has 0 aliphatic heterocycles. The van der Waals surface area contributed by atoms with Crippen LogP contribution in [0.1, 0.15) is 46.8 Å². The Balaban J connectivity index is 1.34. The van der Waals surface area contributed by atoms with Gasteiger partial charge >= 0.3 is 11.9 Å². The van der Waals surface area contributed by atoms with Gasteiger partial charge < -0.3 is 35.3 Å². The van der Waals surface area contributed by atoms with Crippen molar-refractivity contribution < 1.29 is 43.3 Å². The van der Waals surface area contributed by atoms with Gasteiger partial charge in [-0.3, -0.25) is 19.2 Å². The first-order chi connectivity index (χ1) is 27.1. The molecule has 3 atom stereocenters. The molecule has 0 heterocycles. The Bertz CT molecular complexity index is 2100. The number of aliphatic hydroxyl groups is 1. The van der Waals surface area contributed by atoms with Crippen LogP contribution in [0.3, 0.4) is 0 Å². The third-order valence-corrected chi connectivity index (χ3v) is 9.18. The van der Waals surface area contributed by atoms with Gasteiger partial charge in [-0.2, -0.15) is 0 Å². The van der Waals surface area contributed by atoms with Crippen molar-refractivity contribution in [3.63, 3.8) is 0 Å². The Labute approximate surface area is 325 Å². The molecule has 290 valence electrons. The van der Waals surface area contributed by atoms with Crippen molar-refractivity contribution in [3.05, 3.63) is 149 Å². The van der Waals surface area contributed by atoms with E-state index in [2.05, 4.69) is 20.7 Å². The van der Waals surface area contributed by atoms with Gasteiger partial charge in [0.1, 0.15) is 24.4 Å². The number of carbonyl (C=O) groups is 5. The number of ether oxygens (including phenoxy) is 3. The van der Waals surface area contributed by atoms with Crippen molar-refractivity contribution in [3.8, 4) is 5.75 Å². The molecular weight excluding hydrogens is 714 g/mol. The van der Waals surface area contributed by atoms with Crippen LogP contribution in [0, 0.1) is 0 Å². The summed E-state index contributed by atoms with van der Waals surface area (Å²) < 4.78 is 15.3. The lowest BCUT2D eigenvalue weighted by atomic mass is 9.99. The van der Waals surface area contributed by atoms with Crippen molar-refractivity contribution in [1.82, 2.24) is 16.0 Å². The summed E-state index contributed by atoms with van der Waals surface area (Å²) >= 11 is 0. The first-order valence-corrected chi connectivity index (χ1v) is 18.1. The molecule has 3 amide bonds. The fourth-order valence-electron chi connectivity index (χ4n) is 6.06. The van der Waals surface area contributed by atoms with E-state index in [-0.39, 0.29) is 44.4 Å². The average molecular weight is 760 g/mol. The summed E-state index contributed by atoms with van der Waals surface area (Å²) in [5.41, 5.74) is 3.24. The zero-order valence-corrected chi connectivity index (χ0v) is 31.2. The minimum atomic E-state index is -1.50. The van der Waals surface area contributed by atoms with Gasteiger partial charge in [-0.15, -0.1) is 0 Å². The molecule has 56 heavy (non-hydrogen) atoms. The SMILES string of the molecule is COC(=O)C(O)c1ccc(C[C@H](NC(=O)Cc2cccc3ccccc23)C(=O)N[C@@H](CCC(=O)OCc2ccccc2)C(=O)NCc2ccc(OC)cc2)cc1. The van der Waals surface area contributed by atoms with Crippen LogP contribution in [-0.2, 0) is 59.4 Å². The molecular formula is C44H45N3O9. The first-order valence-electron chi connectivity index (χ1n) is 18.1. The number of amides is 3. The van der Waals surface area contributed by atoms with Crippen LogP contribution < -0.4 is 20.7 Å². The third kappa shape index (κ3) is 11.7. The molecule has 0 aliphatic rings. The topological polar surface area (TPSA) is 169 Å². The summed E-state index contributed by atoms with van der Waals surface area (Å²) in [5, 5.41) is 20.6. The Morgan fingerprint density at radius 2 is 1.36 bits per heavy atom. The molecule has 0 saturated heterocycles. The molecule has 5 aromatic rings. The predicted octanol–water partition coefficient (Wildman–Crippen LogP) is 4.65. The van der Waals surface area contributed by atoms with Crippen LogP contribution in [0.15, 0.2) is 121 Å². The van der Waals surface area contributed by atoms with Gasteiger partial charge in [-0.25, -0.2) is 4.79 Å².